The highest BCUT2D eigenvalue weighted by atomic mass is 19.1. The summed E-state index contributed by atoms with van der Waals surface area (Å²) in [5, 5.41) is 0. The van der Waals surface area contributed by atoms with Crippen molar-refractivity contribution in [3.63, 3.8) is 0 Å². The van der Waals surface area contributed by atoms with Crippen LogP contribution in [0.1, 0.15) is 70.3 Å². The van der Waals surface area contributed by atoms with Crippen molar-refractivity contribution in [3.05, 3.63) is 53.8 Å². The highest BCUT2D eigenvalue weighted by Crippen LogP contribution is 2.60. The van der Waals surface area contributed by atoms with Crippen LogP contribution in [0.15, 0.2) is 42.5 Å². The molecule has 3 aliphatic carbocycles. The molecular weight excluding hydrogens is 335 g/mol. The molecule has 0 amide bonds. The van der Waals surface area contributed by atoms with Gasteiger partial charge in [-0.25, -0.2) is 4.39 Å². The summed E-state index contributed by atoms with van der Waals surface area (Å²) in [6.07, 6.45) is 11.8. The lowest BCUT2D eigenvalue weighted by molar-refractivity contribution is 0.0311. The molecule has 3 saturated carbocycles. The molecule has 27 heavy (non-hydrogen) atoms. The molecule has 2 bridgehead atoms. The Bertz CT molecular complexity index is 785. The van der Waals surface area contributed by atoms with Crippen LogP contribution < -0.4 is 4.74 Å². The fourth-order valence-corrected chi connectivity index (χ4v) is 5.62. The first-order valence-corrected chi connectivity index (χ1v) is 10.5. The molecular formula is C25H31FO. The van der Waals surface area contributed by atoms with Gasteiger partial charge in [-0.3, -0.25) is 0 Å². The molecule has 0 spiro atoms. The molecule has 0 radical (unpaired) electrons. The van der Waals surface area contributed by atoms with Crippen molar-refractivity contribution in [2.45, 2.75) is 70.1 Å². The van der Waals surface area contributed by atoms with E-state index in [0.29, 0.717) is 16.7 Å². The van der Waals surface area contributed by atoms with Gasteiger partial charge < -0.3 is 4.74 Å². The topological polar surface area (TPSA) is 9.23 Å². The molecule has 1 nitrogen and oxygen atoms in total. The largest absolute Gasteiger partial charge is 0.497 e. The number of ether oxygens (including phenoxy) is 1. The second kappa shape index (κ2) is 7.30. The second-order valence-corrected chi connectivity index (χ2v) is 8.78. The molecule has 0 N–H and O–H groups in total. The number of hydrogen-bond acceptors (Lipinski definition) is 1. The Balaban J connectivity index is 1.67. The van der Waals surface area contributed by atoms with E-state index in [0.717, 1.165) is 5.56 Å². The second-order valence-electron chi connectivity index (χ2n) is 8.78. The summed E-state index contributed by atoms with van der Waals surface area (Å²) in [6.45, 7) is 2.30. The molecule has 0 aromatic heterocycles. The zero-order valence-electron chi connectivity index (χ0n) is 16.7. The van der Waals surface area contributed by atoms with E-state index in [1.54, 1.807) is 7.11 Å². The van der Waals surface area contributed by atoms with Gasteiger partial charge in [-0.05, 0) is 79.0 Å². The number of rotatable bonds is 6. The van der Waals surface area contributed by atoms with Gasteiger partial charge in [-0.2, -0.15) is 0 Å². The molecule has 144 valence electrons. The summed E-state index contributed by atoms with van der Waals surface area (Å²) < 4.78 is 20.0. The van der Waals surface area contributed by atoms with Crippen LogP contribution in [0.5, 0.6) is 5.75 Å². The molecule has 2 aromatic carbocycles. The molecule has 0 aliphatic heterocycles. The Kier molecular flexibility index (Phi) is 5.01. The Morgan fingerprint density at radius 1 is 0.926 bits per heavy atom. The molecule has 0 unspecified atom stereocenters. The van der Waals surface area contributed by atoms with Crippen LogP contribution in [0.4, 0.5) is 4.39 Å². The van der Waals surface area contributed by atoms with E-state index in [1.807, 2.05) is 18.2 Å². The van der Waals surface area contributed by atoms with E-state index in [1.165, 1.54) is 69.4 Å². The first-order chi connectivity index (χ1) is 13.1. The number of fused-ring (bicyclic) bond motifs is 3. The van der Waals surface area contributed by atoms with E-state index in [9.17, 15) is 4.39 Å². The van der Waals surface area contributed by atoms with Crippen LogP contribution in [0.25, 0.3) is 11.1 Å². The van der Waals surface area contributed by atoms with Crippen LogP contribution in [-0.4, -0.2) is 7.11 Å². The van der Waals surface area contributed by atoms with Crippen LogP contribution in [0.3, 0.4) is 0 Å². The van der Waals surface area contributed by atoms with Crippen molar-refractivity contribution in [3.8, 4) is 16.9 Å². The van der Waals surface area contributed by atoms with E-state index in [2.05, 4.69) is 25.1 Å². The Labute approximate surface area is 163 Å². The maximum atomic E-state index is 14.8. The van der Waals surface area contributed by atoms with Crippen molar-refractivity contribution in [2.75, 3.05) is 7.11 Å². The minimum absolute atomic E-state index is 0.192. The minimum Gasteiger partial charge on any atom is -0.497 e. The van der Waals surface area contributed by atoms with Gasteiger partial charge >= 0.3 is 0 Å². The SMILES string of the molecule is CCCCC12CCC(c3ccccc3-c3ccc(OC)cc3F)(CC1)CC2. The summed E-state index contributed by atoms with van der Waals surface area (Å²) in [5.41, 5.74) is 3.96. The summed E-state index contributed by atoms with van der Waals surface area (Å²) in [7, 11) is 1.58. The number of hydrogen-bond donors (Lipinski definition) is 0. The molecule has 5 rings (SSSR count). The standard InChI is InChI=1S/C25H31FO/c1-3-4-11-24-12-15-25(16-13-24,17-14-24)22-8-6-5-7-20(22)21-10-9-19(27-2)18-23(21)26/h5-10,18H,3-4,11-17H2,1-2H3. The van der Waals surface area contributed by atoms with Gasteiger partial charge in [-0.15, -0.1) is 0 Å². The van der Waals surface area contributed by atoms with Gasteiger partial charge in [0.25, 0.3) is 0 Å². The number of methoxy groups -OCH3 is 1. The third kappa shape index (κ3) is 3.28. The predicted molar refractivity (Wildman–Crippen MR) is 110 cm³/mol. The quantitative estimate of drug-likeness (QED) is 0.522. The maximum absolute atomic E-state index is 14.8. The van der Waals surface area contributed by atoms with Gasteiger partial charge in [0.1, 0.15) is 11.6 Å². The fourth-order valence-electron chi connectivity index (χ4n) is 5.62. The van der Waals surface area contributed by atoms with E-state index in [4.69, 9.17) is 4.74 Å². The molecule has 2 aromatic rings. The van der Waals surface area contributed by atoms with Crippen molar-refractivity contribution >= 4 is 0 Å². The smallest absolute Gasteiger partial charge is 0.134 e. The third-order valence-corrected chi connectivity index (χ3v) is 7.43. The Morgan fingerprint density at radius 2 is 1.63 bits per heavy atom. The average molecular weight is 367 g/mol. The fraction of sp³-hybridized carbons (Fsp3) is 0.520. The first-order valence-electron chi connectivity index (χ1n) is 10.5. The molecule has 3 aliphatic rings. The number of halogens is 1. The van der Waals surface area contributed by atoms with E-state index >= 15 is 0 Å². The van der Waals surface area contributed by atoms with E-state index in [-0.39, 0.29) is 11.2 Å². The maximum Gasteiger partial charge on any atom is 0.134 e. The minimum atomic E-state index is -0.192. The van der Waals surface area contributed by atoms with Gasteiger partial charge in [0.15, 0.2) is 0 Å². The summed E-state index contributed by atoms with van der Waals surface area (Å²) >= 11 is 0. The van der Waals surface area contributed by atoms with Gasteiger partial charge in [0.05, 0.1) is 7.11 Å². The lowest BCUT2D eigenvalue weighted by Gasteiger charge is -2.54. The lowest BCUT2D eigenvalue weighted by Crippen LogP contribution is -2.44. The Morgan fingerprint density at radius 3 is 2.26 bits per heavy atom. The van der Waals surface area contributed by atoms with Gasteiger partial charge in [0, 0.05) is 11.6 Å². The Hall–Kier alpha value is -1.83. The zero-order chi connectivity index (χ0) is 18.9. The summed E-state index contributed by atoms with van der Waals surface area (Å²) in [6, 6.07) is 13.8. The molecule has 3 fully saturated rings. The van der Waals surface area contributed by atoms with Crippen molar-refractivity contribution in [1.29, 1.82) is 0 Å². The highest BCUT2D eigenvalue weighted by molar-refractivity contribution is 5.70. The van der Waals surface area contributed by atoms with Crippen molar-refractivity contribution in [2.24, 2.45) is 5.41 Å². The van der Waals surface area contributed by atoms with Crippen LogP contribution in [0.2, 0.25) is 0 Å². The van der Waals surface area contributed by atoms with Gasteiger partial charge in [0.2, 0.25) is 0 Å². The number of unbranched alkanes of at least 4 members (excludes halogenated alkanes) is 1. The van der Waals surface area contributed by atoms with Gasteiger partial charge in [-0.1, -0.05) is 44.0 Å². The van der Waals surface area contributed by atoms with Crippen molar-refractivity contribution < 1.29 is 9.13 Å². The zero-order valence-corrected chi connectivity index (χ0v) is 16.7. The molecule has 0 saturated heterocycles. The first kappa shape index (κ1) is 18.5. The van der Waals surface area contributed by atoms with Crippen LogP contribution in [-0.2, 0) is 5.41 Å². The van der Waals surface area contributed by atoms with Crippen LogP contribution >= 0.6 is 0 Å². The number of benzene rings is 2. The molecule has 2 heteroatoms. The average Bonchev–Trinajstić information content (AvgIpc) is 2.73. The van der Waals surface area contributed by atoms with Crippen molar-refractivity contribution in [1.82, 2.24) is 0 Å². The lowest BCUT2D eigenvalue weighted by atomic mass is 9.50. The third-order valence-electron chi connectivity index (χ3n) is 7.43. The summed E-state index contributed by atoms with van der Waals surface area (Å²) in [5.74, 6) is 0.380. The monoisotopic (exact) mass is 366 g/mol. The summed E-state index contributed by atoms with van der Waals surface area (Å²) in [4.78, 5) is 0. The van der Waals surface area contributed by atoms with Crippen LogP contribution in [0, 0.1) is 11.2 Å². The molecule has 0 heterocycles. The molecule has 0 atom stereocenters. The predicted octanol–water partition coefficient (Wildman–Crippen LogP) is 7.28. The van der Waals surface area contributed by atoms with E-state index < -0.39 is 0 Å². The highest BCUT2D eigenvalue weighted by Gasteiger charge is 2.49. The normalized spacial score (nSPS) is 26.9.